The molecule has 0 aliphatic heterocycles. The fraction of sp³-hybridized carbons (Fsp3) is 0.933. The summed E-state index contributed by atoms with van der Waals surface area (Å²) in [6.45, 7) is 2.45. The van der Waals surface area contributed by atoms with Crippen molar-refractivity contribution < 1.29 is 9.50 Å². The highest BCUT2D eigenvalue weighted by molar-refractivity contribution is 4.94. The molecule has 1 N–H and O–H groups in total. The Morgan fingerprint density at radius 3 is 2.56 bits per heavy atom. The van der Waals surface area contributed by atoms with Gasteiger partial charge in [-0.2, -0.15) is 5.26 Å². The molecule has 0 bridgehead atoms. The summed E-state index contributed by atoms with van der Waals surface area (Å²) < 4.78 is 14.2. The Balaban J connectivity index is 1.91. The predicted octanol–water partition coefficient (Wildman–Crippen LogP) is 3.31. The first-order valence-electron chi connectivity index (χ1n) is 7.30. The number of aliphatic hydroxyl groups is 1. The molecule has 2 aliphatic rings. The van der Waals surface area contributed by atoms with E-state index in [0.717, 1.165) is 32.1 Å². The van der Waals surface area contributed by atoms with E-state index >= 15 is 0 Å². The average molecular weight is 253 g/mol. The van der Waals surface area contributed by atoms with E-state index in [4.69, 9.17) is 5.26 Å². The summed E-state index contributed by atoms with van der Waals surface area (Å²) in [4.78, 5) is 0. The topological polar surface area (TPSA) is 44.0 Å². The number of aliphatic hydroxyl groups excluding tert-OH is 1. The van der Waals surface area contributed by atoms with E-state index in [2.05, 4.69) is 13.0 Å². The maximum atomic E-state index is 14.2. The van der Waals surface area contributed by atoms with E-state index in [0.29, 0.717) is 24.2 Å². The third-order valence-corrected chi connectivity index (χ3v) is 5.23. The third-order valence-electron chi connectivity index (χ3n) is 5.23. The molecule has 2 saturated carbocycles. The van der Waals surface area contributed by atoms with Gasteiger partial charge in [0.1, 0.15) is 6.17 Å². The number of alkyl halides is 1. The van der Waals surface area contributed by atoms with Gasteiger partial charge in [0, 0.05) is 12.5 Å². The zero-order valence-electron chi connectivity index (χ0n) is 11.2. The van der Waals surface area contributed by atoms with Crippen LogP contribution in [0, 0.1) is 40.9 Å². The van der Waals surface area contributed by atoms with Crippen LogP contribution in [0.3, 0.4) is 0 Å². The van der Waals surface area contributed by atoms with Crippen LogP contribution < -0.4 is 0 Å². The first-order chi connectivity index (χ1) is 8.65. The summed E-state index contributed by atoms with van der Waals surface area (Å²) >= 11 is 0. The van der Waals surface area contributed by atoms with E-state index in [1.807, 2.05) is 0 Å². The Kier molecular flexibility index (Phi) is 4.61. The number of rotatable bonds is 2. The van der Waals surface area contributed by atoms with Gasteiger partial charge >= 0.3 is 0 Å². The first kappa shape index (κ1) is 13.8. The highest BCUT2D eigenvalue weighted by Crippen LogP contribution is 2.44. The lowest BCUT2D eigenvalue weighted by molar-refractivity contribution is 0.0386. The highest BCUT2D eigenvalue weighted by atomic mass is 19.1. The summed E-state index contributed by atoms with van der Waals surface area (Å²) in [6.07, 6.45) is 4.54. The molecule has 0 aromatic carbocycles. The van der Waals surface area contributed by atoms with Crippen molar-refractivity contribution in [2.75, 3.05) is 6.61 Å². The quantitative estimate of drug-likeness (QED) is 0.820. The van der Waals surface area contributed by atoms with Crippen LogP contribution >= 0.6 is 0 Å². The van der Waals surface area contributed by atoms with Crippen LogP contribution in [0.4, 0.5) is 4.39 Å². The zero-order valence-corrected chi connectivity index (χ0v) is 11.2. The van der Waals surface area contributed by atoms with Gasteiger partial charge in [0.2, 0.25) is 0 Å². The molecule has 2 nitrogen and oxygen atoms in total. The minimum Gasteiger partial charge on any atom is -0.396 e. The largest absolute Gasteiger partial charge is 0.396 e. The van der Waals surface area contributed by atoms with E-state index in [1.165, 1.54) is 0 Å². The van der Waals surface area contributed by atoms with Crippen molar-refractivity contribution in [3.8, 4) is 6.07 Å². The molecular formula is C15H24FNO. The monoisotopic (exact) mass is 253 g/mol. The second-order valence-electron chi connectivity index (χ2n) is 6.31. The molecule has 102 valence electrons. The molecule has 0 amide bonds. The van der Waals surface area contributed by atoms with Crippen molar-refractivity contribution in [3.63, 3.8) is 0 Å². The second-order valence-corrected chi connectivity index (χ2v) is 6.31. The predicted molar refractivity (Wildman–Crippen MR) is 68.4 cm³/mol. The molecule has 0 aromatic heterocycles. The van der Waals surface area contributed by atoms with E-state index < -0.39 is 6.17 Å². The lowest BCUT2D eigenvalue weighted by Gasteiger charge is -2.41. The van der Waals surface area contributed by atoms with Gasteiger partial charge in [-0.05, 0) is 62.2 Å². The third kappa shape index (κ3) is 2.85. The van der Waals surface area contributed by atoms with Gasteiger partial charge in [0.15, 0.2) is 0 Å². The molecule has 3 heteroatoms. The number of nitriles is 1. The Morgan fingerprint density at radius 2 is 2.00 bits per heavy atom. The van der Waals surface area contributed by atoms with E-state index in [-0.39, 0.29) is 18.4 Å². The number of halogens is 1. The average Bonchev–Trinajstić information content (AvgIpc) is 2.38. The zero-order chi connectivity index (χ0) is 13.1. The normalized spacial score (nSPS) is 45.4. The van der Waals surface area contributed by atoms with Crippen LogP contribution in [0.25, 0.3) is 0 Å². The molecule has 0 saturated heterocycles. The minimum atomic E-state index is -0.786. The summed E-state index contributed by atoms with van der Waals surface area (Å²) in [5, 5.41) is 18.1. The van der Waals surface area contributed by atoms with Crippen LogP contribution in [-0.4, -0.2) is 17.9 Å². The van der Waals surface area contributed by atoms with Crippen LogP contribution in [0.5, 0.6) is 0 Å². The fourth-order valence-electron chi connectivity index (χ4n) is 3.95. The van der Waals surface area contributed by atoms with Crippen LogP contribution in [0.1, 0.15) is 45.4 Å². The van der Waals surface area contributed by atoms with Crippen molar-refractivity contribution in [1.82, 2.24) is 0 Å². The van der Waals surface area contributed by atoms with Gasteiger partial charge in [0.05, 0.1) is 6.07 Å². The molecule has 0 heterocycles. The summed E-state index contributed by atoms with van der Waals surface area (Å²) in [5.74, 6) is 1.49. The second kappa shape index (κ2) is 6.02. The van der Waals surface area contributed by atoms with Gasteiger partial charge in [-0.15, -0.1) is 0 Å². The number of hydrogen-bond acceptors (Lipinski definition) is 2. The number of hydrogen-bond donors (Lipinski definition) is 1. The van der Waals surface area contributed by atoms with Gasteiger partial charge in [-0.25, -0.2) is 4.39 Å². The van der Waals surface area contributed by atoms with Gasteiger partial charge in [-0.1, -0.05) is 6.92 Å². The van der Waals surface area contributed by atoms with Crippen molar-refractivity contribution >= 4 is 0 Å². The van der Waals surface area contributed by atoms with Crippen molar-refractivity contribution in [2.45, 2.75) is 51.6 Å². The summed E-state index contributed by atoms with van der Waals surface area (Å²) in [5.41, 5.74) is 0. The molecular weight excluding hydrogens is 229 g/mol. The van der Waals surface area contributed by atoms with Gasteiger partial charge in [0.25, 0.3) is 0 Å². The van der Waals surface area contributed by atoms with Crippen molar-refractivity contribution in [3.05, 3.63) is 0 Å². The van der Waals surface area contributed by atoms with Crippen molar-refractivity contribution in [2.24, 2.45) is 29.6 Å². The molecule has 2 aliphatic carbocycles. The molecule has 0 spiro atoms. The van der Waals surface area contributed by atoms with E-state index in [1.54, 1.807) is 0 Å². The lowest BCUT2D eigenvalue weighted by atomic mass is 9.66. The molecule has 0 radical (unpaired) electrons. The molecule has 2 rings (SSSR count). The van der Waals surface area contributed by atoms with E-state index in [9.17, 15) is 9.50 Å². The lowest BCUT2D eigenvalue weighted by Crippen LogP contribution is -2.36. The summed E-state index contributed by atoms with van der Waals surface area (Å²) in [7, 11) is 0. The summed E-state index contributed by atoms with van der Waals surface area (Å²) in [6, 6.07) is 2.21. The SMILES string of the molecule is CC1CC(C2CCC(C#N)CC2F)CCC1CO. The van der Waals surface area contributed by atoms with Gasteiger partial charge < -0.3 is 5.11 Å². The molecule has 2 fully saturated rings. The maximum absolute atomic E-state index is 14.2. The Bertz CT molecular complexity index is 314. The Hall–Kier alpha value is -0.620. The van der Waals surface area contributed by atoms with Crippen molar-refractivity contribution in [1.29, 1.82) is 5.26 Å². The van der Waals surface area contributed by atoms with Crippen LogP contribution in [0.15, 0.2) is 0 Å². The fourth-order valence-corrected chi connectivity index (χ4v) is 3.95. The maximum Gasteiger partial charge on any atom is 0.104 e. The Morgan fingerprint density at radius 1 is 1.22 bits per heavy atom. The number of nitrogens with zero attached hydrogens (tertiary/aromatic N) is 1. The Labute approximate surface area is 109 Å². The first-order valence-corrected chi connectivity index (χ1v) is 7.30. The minimum absolute atomic E-state index is 0.0672. The molecule has 6 unspecified atom stereocenters. The molecule has 18 heavy (non-hydrogen) atoms. The molecule has 6 atom stereocenters. The van der Waals surface area contributed by atoms with Crippen LogP contribution in [0.2, 0.25) is 0 Å². The highest BCUT2D eigenvalue weighted by Gasteiger charge is 2.38. The van der Waals surface area contributed by atoms with Gasteiger partial charge in [-0.3, -0.25) is 0 Å². The van der Waals surface area contributed by atoms with Crippen LogP contribution in [-0.2, 0) is 0 Å². The molecule has 0 aromatic rings. The standard InChI is InChI=1S/C15H24FNO/c1-10-6-12(3-4-13(10)9-18)14-5-2-11(8-17)7-15(14)16/h10-15,18H,2-7,9H2,1H3. The smallest absolute Gasteiger partial charge is 0.104 e.